The van der Waals surface area contributed by atoms with Crippen molar-refractivity contribution in [3.05, 3.63) is 29.8 Å². The molecule has 1 saturated carbocycles. The predicted molar refractivity (Wildman–Crippen MR) is 64.9 cm³/mol. The van der Waals surface area contributed by atoms with E-state index >= 15 is 0 Å². The summed E-state index contributed by atoms with van der Waals surface area (Å²) in [6.07, 6.45) is 0.488. The first-order valence-corrected chi connectivity index (χ1v) is 6.43. The average Bonchev–Trinajstić information content (AvgIpc) is 2.30. The topological polar surface area (TPSA) is 29.5 Å². The molecular formula is C14H17F3O2. The third-order valence-electron chi connectivity index (χ3n) is 3.47. The second-order valence-electron chi connectivity index (χ2n) is 5.15. The molecule has 2 nitrogen and oxygen atoms in total. The summed E-state index contributed by atoms with van der Waals surface area (Å²) in [6.45, 7) is 0. The number of halogens is 3. The third kappa shape index (κ3) is 4.42. The van der Waals surface area contributed by atoms with Gasteiger partial charge in [-0.1, -0.05) is 31.4 Å². The highest BCUT2D eigenvalue weighted by molar-refractivity contribution is 5.28. The van der Waals surface area contributed by atoms with Crippen molar-refractivity contribution in [1.29, 1.82) is 0 Å². The van der Waals surface area contributed by atoms with Crippen molar-refractivity contribution in [2.45, 2.75) is 50.5 Å². The van der Waals surface area contributed by atoms with E-state index in [0.717, 1.165) is 37.7 Å². The Balaban J connectivity index is 1.98. The summed E-state index contributed by atoms with van der Waals surface area (Å²) >= 11 is 0. The largest absolute Gasteiger partial charge is 0.573 e. The Kier molecular flexibility index (Phi) is 4.04. The normalized spacial score (nSPS) is 19.2. The number of benzene rings is 1. The first kappa shape index (κ1) is 14.2. The quantitative estimate of drug-likeness (QED) is 0.907. The summed E-state index contributed by atoms with van der Waals surface area (Å²) in [6, 6.07) is 5.73. The van der Waals surface area contributed by atoms with Crippen molar-refractivity contribution >= 4 is 0 Å². The second-order valence-corrected chi connectivity index (χ2v) is 5.15. The smallest absolute Gasteiger partial charge is 0.406 e. The summed E-state index contributed by atoms with van der Waals surface area (Å²) < 4.78 is 39.8. The van der Waals surface area contributed by atoms with E-state index in [2.05, 4.69) is 4.74 Å². The zero-order valence-electron chi connectivity index (χ0n) is 10.5. The minimum absolute atomic E-state index is 0.230. The molecule has 0 aliphatic heterocycles. The van der Waals surface area contributed by atoms with Crippen molar-refractivity contribution in [2.24, 2.45) is 0 Å². The zero-order chi connectivity index (χ0) is 13.9. The Morgan fingerprint density at radius 3 is 2.16 bits per heavy atom. The lowest BCUT2D eigenvalue weighted by atomic mass is 9.80. The van der Waals surface area contributed by atoms with Gasteiger partial charge in [0, 0.05) is 6.42 Å². The molecule has 0 aromatic heterocycles. The summed E-state index contributed by atoms with van der Waals surface area (Å²) in [5.74, 6) is -0.230. The molecule has 0 spiro atoms. The van der Waals surface area contributed by atoms with Crippen LogP contribution in [0.4, 0.5) is 13.2 Å². The number of alkyl halides is 3. The molecule has 1 aromatic carbocycles. The molecule has 19 heavy (non-hydrogen) atoms. The van der Waals surface area contributed by atoms with E-state index < -0.39 is 12.0 Å². The molecule has 0 unspecified atom stereocenters. The Morgan fingerprint density at radius 1 is 1.05 bits per heavy atom. The van der Waals surface area contributed by atoms with Crippen LogP contribution in [0.5, 0.6) is 5.75 Å². The average molecular weight is 274 g/mol. The second kappa shape index (κ2) is 5.41. The molecule has 1 aliphatic carbocycles. The van der Waals surface area contributed by atoms with E-state index in [1.165, 1.54) is 12.1 Å². The van der Waals surface area contributed by atoms with Crippen LogP contribution in [0.3, 0.4) is 0 Å². The van der Waals surface area contributed by atoms with E-state index in [1.807, 2.05) is 0 Å². The number of hydrogen-bond acceptors (Lipinski definition) is 2. The fourth-order valence-electron chi connectivity index (χ4n) is 2.58. The fraction of sp³-hybridized carbons (Fsp3) is 0.571. The van der Waals surface area contributed by atoms with E-state index in [1.54, 1.807) is 12.1 Å². The molecule has 0 radical (unpaired) electrons. The minimum atomic E-state index is -4.66. The van der Waals surface area contributed by atoms with Gasteiger partial charge < -0.3 is 9.84 Å². The van der Waals surface area contributed by atoms with Gasteiger partial charge in [0.1, 0.15) is 5.75 Å². The maximum atomic E-state index is 12.0. The SMILES string of the molecule is OC1(Cc2ccc(OC(F)(F)F)cc2)CCCCC1. The van der Waals surface area contributed by atoms with Crippen LogP contribution in [-0.2, 0) is 6.42 Å². The van der Waals surface area contributed by atoms with Gasteiger partial charge in [-0.15, -0.1) is 13.2 Å². The van der Waals surface area contributed by atoms with Crippen LogP contribution in [0.25, 0.3) is 0 Å². The van der Waals surface area contributed by atoms with Crippen LogP contribution in [0.2, 0.25) is 0 Å². The third-order valence-corrected chi connectivity index (χ3v) is 3.47. The molecule has 2 rings (SSSR count). The van der Waals surface area contributed by atoms with Gasteiger partial charge in [-0.25, -0.2) is 0 Å². The molecule has 1 fully saturated rings. The number of hydrogen-bond donors (Lipinski definition) is 1. The van der Waals surface area contributed by atoms with Crippen LogP contribution in [0.15, 0.2) is 24.3 Å². The standard InChI is InChI=1S/C14H17F3O2/c15-14(16,17)19-12-6-4-11(5-7-12)10-13(18)8-2-1-3-9-13/h4-7,18H,1-3,8-10H2. The molecule has 1 N–H and O–H groups in total. The van der Waals surface area contributed by atoms with Gasteiger partial charge in [-0.2, -0.15) is 0 Å². The minimum Gasteiger partial charge on any atom is -0.406 e. The van der Waals surface area contributed by atoms with E-state index in [9.17, 15) is 18.3 Å². The molecule has 0 bridgehead atoms. The zero-order valence-corrected chi connectivity index (χ0v) is 10.5. The van der Waals surface area contributed by atoms with Crippen molar-refractivity contribution in [1.82, 2.24) is 0 Å². The van der Waals surface area contributed by atoms with Gasteiger partial charge in [0.2, 0.25) is 0 Å². The van der Waals surface area contributed by atoms with Crippen LogP contribution in [0.1, 0.15) is 37.7 Å². The van der Waals surface area contributed by atoms with Crippen molar-refractivity contribution in [2.75, 3.05) is 0 Å². The van der Waals surface area contributed by atoms with Gasteiger partial charge in [0.05, 0.1) is 5.60 Å². The highest BCUT2D eigenvalue weighted by Gasteiger charge is 2.31. The lowest BCUT2D eigenvalue weighted by molar-refractivity contribution is -0.274. The van der Waals surface area contributed by atoms with Crippen LogP contribution >= 0.6 is 0 Å². The molecule has 106 valence electrons. The van der Waals surface area contributed by atoms with Gasteiger partial charge in [0.25, 0.3) is 0 Å². The number of aliphatic hydroxyl groups is 1. The Labute approximate surface area is 110 Å². The summed E-state index contributed by atoms with van der Waals surface area (Å²) in [4.78, 5) is 0. The summed E-state index contributed by atoms with van der Waals surface area (Å²) in [5, 5.41) is 10.4. The van der Waals surface area contributed by atoms with Crippen molar-refractivity contribution in [3.8, 4) is 5.75 Å². The lowest BCUT2D eigenvalue weighted by Gasteiger charge is -2.32. The summed E-state index contributed by atoms with van der Waals surface area (Å²) in [5.41, 5.74) is 0.129. The van der Waals surface area contributed by atoms with E-state index in [4.69, 9.17) is 0 Å². The fourth-order valence-corrected chi connectivity index (χ4v) is 2.58. The predicted octanol–water partition coefficient (Wildman–Crippen LogP) is 3.82. The molecule has 1 aliphatic rings. The van der Waals surface area contributed by atoms with Crippen molar-refractivity contribution < 1.29 is 23.0 Å². The first-order chi connectivity index (χ1) is 8.86. The maximum absolute atomic E-state index is 12.0. The Morgan fingerprint density at radius 2 is 1.63 bits per heavy atom. The van der Waals surface area contributed by atoms with Crippen LogP contribution < -0.4 is 4.74 Å². The van der Waals surface area contributed by atoms with Gasteiger partial charge in [0.15, 0.2) is 0 Å². The Hall–Kier alpha value is -1.23. The number of rotatable bonds is 3. The van der Waals surface area contributed by atoms with E-state index in [0.29, 0.717) is 6.42 Å². The molecule has 1 aromatic rings. The van der Waals surface area contributed by atoms with Gasteiger partial charge in [-0.3, -0.25) is 0 Å². The van der Waals surface area contributed by atoms with Gasteiger partial charge >= 0.3 is 6.36 Å². The first-order valence-electron chi connectivity index (χ1n) is 6.43. The molecule has 0 atom stereocenters. The molecule has 0 amide bonds. The molecule has 5 heteroatoms. The highest BCUT2D eigenvalue weighted by Crippen LogP contribution is 2.31. The van der Waals surface area contributed by atoms with E-state index in [-0.39, 0.29) is 5.75 Å². The highest BCUT2D eigenvalue weighted by atomic mass is 19.4. The monoisotopic (exact) mass is 274 g/mol. The molecule has 0 saturated heterocycles. The molecular weight excluding hydrogens is 257 g/mol. The summed E-state index contributed by atoms with van der Waals surface area (Å²) in [7, 11) is 0. The van der Waals surface area contributed by atoms with Crippen molar-refractivity contribution in [3.63, 3.8) is 0 Å². The van der Waals surface area contributed by atoms with Gasteiger partial charge in [-0.05, 0) is 30.5 Å². The van der Waals surface area contributed by atoms with Crippen LogP contribution in [0, 0.1) is 0 Å². The van der Waals surface area contributed by atoms with Crippen LogP contribution in [-0.4, -0.2) is 17.1 Å². The lowest BCUT2D eigenvalue weighted by Crippen LogP contribution is -2.33. The maximum Gasteiger partial charge on any atom is 0.573 e. The molecule has 0 heterocycles. The Bertz CT molecular complexity index is 406. The number of ether oxygens (including phenoxy) is 1.